The largest absolute Gasteiger partial charge is 0.386 e. The van der Waals surface area contributed by atoms with Gasteiger partial charge < -0.3 is 5.73 Å². The summed E-state index contributed by atoms with van der Waals surface area (Å²) in [6.07, 6.45) is 0. The van der Waals surface area contributed by atoms with E-state index in [1.165, 1.54) is 0 Å². The maximum atomic E-state index is 13.1. The normalized spacial score (nSPS) is 11.9. The minimum absolute atomic E-state index is 0.0107. The van der Waals surface area contributed by atoms with Crippen LogP contribution in [0.1, 0.15) is 0 Å². The van der Waals surface area contributed by atoms with Crippen LogP contribution in [-0.2, 0) is 0 Å². The number of hydrogen-bond donors (Lipinski definition) is 1. The van der Waals surface area contributed by atoms with E-state index in [1.807, 2.05) is 0 Å². The summed E-state index contributed by atoms with van der Waals surface area (Å²) in [6.45, 7) is 0. The first-order valence-electron chi connectivity index (χ1n) is 3.58. The molecule has 0 fully saturated rings. The standard InChI is InChI=1S/C8H6BrClF2N2/c9-5-1-4(11)2-6(12)8(5)14-7(13)3-10/h1-2H,3H2,(H2,13,14). The van der Waals surface area contributed by atoms with Crippen molar-refractivity contribution in [2.75, 3.05) is 5.88 Å². The van der Waals surface area contributed by atoms with Crippen molar-refractivity contribution in [2.24, 2.45) is 10.7 Å². The average Bonchev–Trinajstić information content (AvgIpc) is 2.10. The molecule has 2 N–H and O–H groups in total. The highest BCUT2D eigenvalue weighted by molar-refractivity contribution is 9.10. The van der Waals surface area contributed by atoms with Gasteiger partial charge in [-0.25, -0.2) is 13.8 Å². The zero-order valence-electron chi connectivity index (χ0n) is 6.90. The van der Waals surface area contributed by atoms with Gasteiger partial charge in [-0.05, 0) is 22.0 Å². The van der Waals surface area contributed by atoms with E-state index in [4.69, 9.17) is 17.3 Å². The number of hydrogen-bond acceptors (Lipinski definition) is 1. The van der Waals surface area contributed by atoms with Crippen LogP contribution in [0.2, 0.25) is 0 Å². The Labute approximate surface area is 92.9 Å². The third-order valence-electron chi connectivity index (χ3n) is 1.37. The fourth-order valence-electron chi connectivity index (χ4n) is 0.815. The number of aliphatic imine (C=N–C) groups is 1. The van der Waals surface area contributed by atoms with E-state index in [1.54, 1.807) is 0 Å². The first kappa shape index (κ1) is 11.4. The van der Waals surface area contributed by atoms with E-state index in [2.05, 4.69) is 20.9 Å². The van der Waals surface area contributed by atoms with Gasteiger partial charge >= 0.3 is 0 Å². The minimum atomic E-state index is -0.787. The van der Waals surface area contributed by atoms with Crippen molar-refractivity contribution in [2.45, 2.75) is 0 Å². The number of alkyl halides is 1. The average molecular weight is 284 g/mol. The van der Waals surface area contributed by atoms with Gasteiger partial charge in [0.05, 0.1) is 5.88 Å². The Kier molecular flexibility index (Phi) is 3.83. The van der Waals surface area contributed by atoms with E-state index in [0.717, 1.165) is 12.1 Å². The van der Waals surface area contributed by atoms with Crippen LogP contribution < -0.4 is 5.73 Å². The van der Waals surface area contributed by atoms with Crippen molar-refractivity contribution >= 4 is 39.1 Å². The Hall–Kier alpha value is -0.680. The molecule has 0 saturated carbocycles. The summed E-state index contributed by atoms with van der Waals surface area (Å²) in [7, 11) is 0. The molecule has 0 spiro atoms. The maximum absolute atomic E-state index is 13.1. The molecule has 14 heavy (non-hydrogen) atoms. The van der Waals surface area contributed by atoms with Gasteiger partial charge in [0, 0.05) is 10.5 Å². The third kappa shape index (κ3) is 2.65. The molecule has 0 radical (unpaired) electrons. The molecule has 2 nitrogen and oxygen atoms in total. The van der Waals surface area contributed by atoms with Crippen LogP contribution in [0.5, 0.6) is 0 Å². The van der Waals surface area contributed by atoms with Crippen LogP contribution in [0.15, 0.2) is 21.6 Å². The summed E-state index contributed by atoms with van der Waals surface area (Å²) in [5.41, 5.74) is 5.27. The minimum Gasteiger partial charge on any atom is -0.386 e. The van der Waals surface area contributed by atoms with E-state index in [9.17, 15) is 8.78 Å². The Morgan fingerprint density at radius 3 is 2.64 bits per heavy atom. The summed E-state index contributed by atoms with van der Waals surface area (Å²) in [6, 6.07) is 1.83. The maximum Gasteiger partial charge on any atom is 0.152 e. The zero-order valence-corrected chi connectivity index (χ0v) is 9.24. The van der Waals surface area contributed by atoms with Gasteiger partial charge in [0.2, 0.25) is 0 Å². The van der Waals surface area contributed by atoms with Crippen LogP contribution in [0, 0.1) is 11.6 Å². The summed E-state index contributed by atoms with van der Waals surface area (Å²) >= 11 is 8.34. The van der Waals surface area contributed by atoms with Crippen molar-refractivity contribution in [3.8, 4) is 0 Å². The fourth-order valence-corrected chi connectivity index (χ4v) is 1.37. The molecule has 1 aromatic carbocycles. The second kappa shape index (κ2) is 4.70. The van der Waals surface area contributed by atoms with Crippen LogP contribution >= 0.6 is 27.5 Å². The molecule has 6 heteroatoms. The molecule has 0 heterocycles. The van der Waals surface area contributed by atoms with Crippen LogP contribution in [0.25, 0.3) is 0 Å². The highest BCUT2D eigenvalue weighted by Gasteiger charge is 2.08. The summed E-state index contributed by atoms with van der Waals surface area (Å²) in [5, 5.41) is 0. The molecular formula is C8H6BrClF2N2. The van der Waals surface area contributed by atoms with Gasteiger partial charge in [-0.15, -0.1) is 11.6 Å². The lowest BCUT2D eigenvalue weighted by Crippen LogP contribution is -2.12. The Bertz CT molecular complexity index is 359. The van der Waals surface area contributed by atoms with Crippen LogP contribution in [0.3, 0.4) is 0 Å². The van der Waals surface area contributed by atoms with Gasteiger partial charge in [-0.2, -0.15) is 0 Å². The van der Waals surface area contributed by atoms with Gasteiger partial charge in [-0.3, -0.25) is 0 Å². The van der Waals surface area contributed by atoms with Gasteiger partial charge in [0.15, 0.2) is 5.82 Å². The van der Waals surface area contributed by atoms with E-state index in [-0.39, 0.29) is 21.9 Å². The zero-order chi connectivity index (χ0) is 10.7. The SMILES string of the molecule is NC(CCl)=Nc1c(F)cc(F)cc1Br. The molecule has 0 unspecified atom stereocenters. The molecule has 1 rings (SSSR count). The fraction of sp³-hybridized carbons (Fsp3) is 0.125. The quantitative estimate of drug-likeness (QED) is 0.506. The number of halogens is 4. The summed E-state index contributed by atoms with van der Waals surface area (Å²) in [5.74, 6) is -1.41. The Balaban J connectivity index is 3.21. The van der Waals surface area contributed by atoms with Crippen molar-refractivity contribution < 1.29 is 8.78 Å². The predicted octanol–water partition coefficient (Wildman–Crippen LogP) is 2.95. The Morgan fingerprint density at radius 1 is 1.50 bits per heavy atom. The van der Waals surface area contributed by atoms with Crippen molar-refractivity contribution in [1.82, 2.24) is 0 Å². The lowest BCUT2D eigenvalue weighted by molar-refractivity contribution is 0.583. The molecule has 0 bridgehead atoms. The molecule has 0 aromatic heterocycles. The monoisotopic (exact) mass is 282 g/mol. The Morgan fingerprint density at radius 2 is 2.14 bits per heavy atom. The summed E-state index contributed by atoms with van der Waals surface area (Å²) in [4.78, 5) is 3.69. The van der Waals surface area contributed by atoms with Crippen molar-refractivity contribution in [3.63, 3.8) is 0 Å². The molecule has 0 amide bonds. The molecule has 0 saturated heterocycles. The van der Waals surface area contributed by atoms with E-state index >= 15 is 0 Å². The second-order valence-corrected chi connectivity index (χ2v) is 3.58. The molecule has 0 atom stereocenters. The lowest BCUT2D eigenvalue weighted by Gasteiger charge is -2.01. The lowest BCUT2D eigenvalue weighted by atomic mass is 10.3. The van der Waals surface area contributed by atoms with Crippen LogP contribution in [-0.4, -0.2) is 11.7 Å². The van der Waals surface area contributed by atoms with Gasteiger partial charge in [0.25, 0.3) is 0 Å². The van der Waals surface area contributed by atoms with Crippen molar-refractivity contribution in [3.05, 3.63) is 28.2 Å². The van der Waals surface area contributed by atoms with Crippen LogP contribution in [0.4, 0.5) is 14.5 Å². The number of rotatable bonds is 2. The van der Waals surface area contributed by atoms with Gasteiger partial charge in [-0.1, -0.05) is 0 Å². The molecule has 0 aliphatic carbocycles. The molecule has 0 aliphatic rings. The third-order valence-corrected chi connectivity index (χ3v) is 2.25. The van der Waals surface area contributed by atoms with Crippen molar-refractivity contribution in [1.29, 1.82) is 0 Å². The first-order valence-corrected chi connectivity index (χ1v) is 4.91. The van der Waals surface area contributed by atoms with E-state index in [0.29, 0.717) is 0 Å². The topological polar surface area (TPSA) is 38.4 Å². The number of nitrogens with two attached hydrogens (primary N) is 1. The predicted molar refractivity (Wildman–Crippen MR) is 56.1 cm³/mol. The highest BCUT2D eigenvalue weighted by Crippen LogP contribution is 2.29. The van der Waals surface area contributed by atoms with Gasteiger partial charge in [0.1, 0.15) is 17.3 Å². The highest BCUT2D eigenvalue weighted by atomic mass is 79.9. The number of amidine groups is 1. The molecule has 1 aromatic rings. The molecule has 76 valence electrons. The first-order chi connectivity index (χ1) is 6.54. The molecule has 0 aliphatic heterocycles. The number of nitrogens with zero attached hydrogens (tertiary/aromatic N) is 1. The smallest absolute Gasteiger partial charge is 0.152 e. The molecular weight excluding hydrogens is 277 g/mol. The number of benzene rings is 1. The van der Waals surface area contributed by atoms with E-state index < -0.39 is 11.6 Å². The summed E-state index contributed by atoms with van der Waals surface area (Å²) < 4.78 is 26.0. The second-order valence-electron chi connectivity index (χ2n) is 2.45.